The Morgan fingerprint density at radius 3 is 2.62 bits per heavy atom. The first kappa shape index (κ1) is 24.9. The van der Waals surface area contributed by atoms with Crippen molar-refractivity contribution >= 4 is 46.4 Å². The molecule has 0 spiro atoms. The average molecular weight is 479 g/mol. The third-order valence-corrected chi connectivity index (χ3v) is 5.20. The van der Waals surface area contributed by atoms with E-state index in [1.165, 1.54) is 6.20 Å². The molecule has 9 heteroatoms. The molecule has 2 aromatic carbocycles. The van der Waals surface area contributed by atoms with Crippen LogP contribution in [0.3, 0.4) is 0 Å². The van der Waals surface area contributed by atoms with Crippen LogP contribution in [0.2, 0.25) is 5.02 Å². The molecule has 0 fully saturated rings. The standard InChI is InChI=1S/C25H27ClN6O2/c1-16-10-11-18(23(27)34)14-22(16)30-25-28-15-20(26)24(31-25)29-21-9-5-4-7-17(21)13-19(33)8-6-12-32(2)3/h4-11,14-15H,12-13H2,1-3H3,(H2,27,34)(H2,28,29,30,31)/b8-6+. The molecule has 0 aliphatic rings. The van der Waals surface area contributed by atoms with Gasteiger partial charge >= 0.3 is 0 Å². The molecule has 34 heavy (non-hydrogen) atoms. The highest BCUT2D eigenvalue weighted by molar-refractivity contribution is 6.33. The Kier molecular flexibility index (Phi) is 8.34. The van der Waals surface area contributed by atoms with Crippen LogP contribution in [0.25, 0.3) is 0 Å². The highest BCUT2D eigenvalue weighted by atomic mass is 35.5. The van der Waals surface area contributed by atoms with Gasteiger partial charge in [0.25, 0.3) is 0 Å². The minimum atomic E-state index is -0.523. The molecule has 3 aromatic rings. The third kappa shape index (κ3) is 6.87. The Hall–Kier alpha value is -3.75. The summed E-state index contributed by atoms with van der Waals surface area (Å²) >= 11 is 6.34. The van der Waals surface area contributed by atoms with Gasteiger partial charge in [-0.2, -0.15) is 4.98 Å². The normalized spacial score (nSPS) is 11.1. The number of allylic oxidation sites excluding steroid dienone is 1. The number of hydrogen-bond acceptors (Lipinski definition) is 7. The molecule has 0 bridgehead atoms. The zero-order chi connectivity index (χ0) is 24.7. The first-order valence-corrected chi connectivity index (χ1v) is 11.0. The van der Waals surface area contributed by atoms with Gasteiger partial charge in [0.1, 0.15) is 5.02 Å². The molecule has 8 nitrogen and oxygen atoms in total. The topological polar surface area (TPSA) is 113 Å². The number of nitrogens with zero attached hydrogens (tertiary/aromatic N) is 3. The van der Waals surface area contributed by atoms with Crippen molar-refractivity contribution in [2.45, 2.75) is 13.3 Å². The summed E-state index contributed by atoms with van der Waals surface area (Å²) in [7, 11) is 3.89. The van der Waals surface area contributed by atoms with E-state index in [0.717, 1.165) is 16.8 Å². The number of likely N-dealkylation sites (N-methyl/N-ethyl adjacent to an activating group) is 1. The quantitative estimate of drug-likeness (QED) is 0.373. The van der Waals surface area contributed by atoms with Crippen LogP contribution < -0.4 is 16.4 Å². The van der Waals surface area contributed by atoms with Gasteiger partial charge in [0.2, 0.25) is 11.9 Å². The lowest BCUT2D eigenvalue weighted by Gasteiger charge is -2.14. The maximum absolute atomic E-state index is 12.4. The van der Waals surface area contributed by atoms with Gasteiger partial charge in [-0.1, -0.05) is 41.9 Å². The summed E-state index contributed by atoms with van der Waals surface area (Å²) in [4.78, 5) is 34.6. The molecule has 1 heterocycles. The lowest BCUT2D eigenvalue weighted by molar-refractivity contribution is -0.114. The number of carbonyl (C=O) groups excluding carboxylic acids is 2. The Balaban J connectivity index is 1.81. The summed E-state index contributed by atoms with van der Waals surface area (Å²) in [6, 6.07) is 12.6. The number of aromatic nitrogens is 2. The maximum atomic E-state index is 12.4. The summed E-state index contributed by atoms with van der Waals surface area (Å²) in [6.45, 7) is 2.59. The number of nitrogens with two attached hydrogens (primary N) is 1. The predicted octanol–water partition coefficient (Wildman–Crippen LogP) is 4.25. The third-order valence-electron chi connectivity index (χ3n) is 4.92. The zero-order valence-electron chi connectivity index (χ0n) is 19.3. The van der Waals surface area contributed by atoms with Crippen molar-refractivity contribution in [2.75, 3.05) is 31.3 Å². The number of primary amides is 1. The number of aryl methyl sites for hydroxylation is 1. The van der Waals surface area contributed by atoms with E-state index in [2.05, 4.69) is 20.6 Å². The van der Waals surface area contributed by atoms with E-state index in [4.69, 9.17) is 17.3 Å². The summed E-state index contributed by atoms with van der Waals surface area (Å²) < 4.78 is 0. The molecule has 1 aromatic heterocycles. The van der Waals surface area contributed by atoms with Crippen molar-refractivity contribution in [2.24, 2.45) is 5.73 Å². The molecule has 0 unspecified atom stereocenters. The molecule has 1 amide bonds. The van der Waals surface area contributed by atoms with Gasteiger partial charge in [-0.3, -0.25) is 9.59 Å². The lowest BCUT2D eigenvalue weighted by Crippen LogP contribution is -2.11. The van der Waals surface area contributed by atoms with Gasteiger partial charge in [-0.15, -0.1) is 0 Å². The van der Waals surface area contributed by atoms with Crippen LogP contribution in [0.4, 0.5) is 23.1 Å². The van der Waals surface area contributed by atoms with E-state index in [1.54, 1.807) is 24.3 Å². The molecule has 176 valence electrons. The van der Waals surface area contributed by atoms with Crippen molar-refractivity contribution in [3.8, 4) is 0 Å². The monoisotopic (exact) mass is 478 g/mol. The average Bonchev–Trinajstić information content (AvgIpc) is 2.78. The molecular formula is C25H27ClN6O2. The van der Waals surface area contributed by atoms with Crippen LogP contribution >= 0.6 is 11.6 Å². The van der Waals surface area contributed by atoms with Crippen molar-refractivity contribution in [3.63, 3.8) is 0 Å². The van der Waals surface area contributed by atoms with Gasteiger partial charge in [-0.05, 0) is 56.4 Å². The molecule has 0 saturated heterocycles. The maximum Gasteiger partial charge on any atom is 0.248 e. The molecule has 4 N–H and O–H groups in total. The zero-order valence-corrected chi connectivity index (χ0v) is 20.1. The largest absolute Gasteiger partial charge is 0.366 e. The SMILES string of the molecule is Cc1ccc(C(N)=O)cc1Nc1ncc(Cl)c(Nc2ccccc2CC(=O)/C=C/CN(C)C)n1. The number of para-hydroxylation sites is 1. The van der Waals surface area contributed by atoms with E-state index in [0.29, 0.717) is 28.6 Å². The summed E-state index contributed by atoms with van der Waals surface area (Å²) in [5.41, 5.74) is 8.84. The number of benzene rings is 2. The van der Waals surface area contributed by atoms with Gasteiger partial charge in [0, 0.05) is 29.9 Å². The van der Waals surface area contributed by atoms with Crippen molar-refractivity contribution in [3.05, 3.63) is 82.5 Å². The van der Waals surface area contributed by atoms with Crippen LogP contribution in [0.5, 0.6) is 0 Å². The highest BCUT2D eigenvalue weighted by Gasteiger charge is 2.12. The number of nitrogens with one attached hydrogen (secondary N) is 2. The van der Waals surface area contributed by atoms with E-state index in [9.17, 15) is 9.59 Å². The number of carbonyl (C=O) groups is 2. The van der Waals surface area contributed by atoms with Gasteiger partial charge in [0.05, 0.1) is 6.20 Å². The van der Waals surface area contributed by atoms with E-state index < -0.39 is 5.91 Å². The Labute approximate surface area is 203 Å². The molecule has 0 radical (unpaired) electrons. The number of anilines is 4. The lowest BCUT2D eigenvalue weighted by atomic mass is 10.1. The first-order chi connectivity index (χ1) is 16.2. The van der Waals surface area contributed by atoms with E-state index >= 15 is 0 Å². The van der Waals surface area contributed by atoms with E-state index in [1.807, 2.05) is 56.3 Å². The number of amides is 1. The molecule has 0 saturated carbocycles. The summed E-state index contributed by atoms with van der Waals surface area (Å²) in [5, 5.41) is 6.63. The van der Waals surface area contributed by atoms with Crippen molar-refractivity contribution in [1.82, 2.24) is 14.9 Å². The van der Waals surface area contributed by atoms with Crippen LogP contribution in [-0.2, 0) is 11.2 Å². The van der Waals surface area contributed by atoms with Gasteiger partial charge < -0.3 is 21.3 Å². The second-order valence-electron chi connectivity index (χ2n) is 8.00. The fraction of sp³-hybridized carbons (Fsp3) is 0.200. The molecule has 0 aliphatic carbocycles. The minimum absolute atomic E-state index is 0.00273. The summed E-state index contributed by atoms with van der Waals surface area (Å²) in [6.07, 6.45) is 5.15. The van der Waals surface area contributed by atoms with Gasteiger partial charge in [0.15, 0.2) is 11.6 Å². The Morgan fingerprint density at radius 1 is 1.12 bits per heavy atom. The van der Waals surface area contributed by atoms with E-state index in [-0.39, 0.29) is 18.2 Å². The molecule has 0 atom stereocenters. The second-order valence-corrected chi connectivity index (χ2v) is 8.41. The number of hydrogen-bond donors (Lipinski definition) is 3. The first-order valence-electron chi connectivity index (χ1n) is 10.6. The Bertz CT molecular complexity index is 1230. The van der Waals surface area contributed by atoms with Crippen molar-refractivity contribution in [1.29, 1.82) is 0 Å². The molecular weight excluding hydrogens is 452 g/mol. The van der Waals surface area contributed by atoms with Crippen molar-refractivity contribution < 1.29 is 9.59 Å². The highest BCUT2D eigenvalue weighted by Crippen LogP contribution is 2.28. The van der Waals surface area contributed by atoms with Gasteiger partial charge in [-0.25, -0.2) is 4.98 Å². The van der Waals surface area contributed by atoms with Crippen LogP contribution in [0.1, 0.15) is 21.5 Å². The minimum Gasteiger partial charge on any atom is -0.366 e. The number of rotatable bonds is 10. The second kappa shape index (κ2) is 11.4. The Morgan fingerprint density at radius 2 is 1.88 bits per heavy atom. The van der Waals surface area contributed by atoms with Crippen LogP contribution in [0.15, 0.2) is 60.8 Å². The number of ketones is 1. The molecule has 0 aliphatic heterocycles. The van der Waals surface area contributed by atoms with Crippen LogP contribution in [0, 0.1) is 6.92 Å². The predicted molar refractivity (Wildman–Crippen MR) is 136 cm³/mol. The molecule has 3 rings (SSSR count). The number of halogens is 1. The fourth-order valence-corrected chi connectivity index (χ4v) is 3.25. The van der Waals surface area contributed by atoms with Crippen LogP contribution in [-0.4, -0.2) is 47.2 Å². The smallest absolute Gasteiger partial charge is 0.248 e. The fourth-order valence-electron chi connectivity index (χ4n) is 3.11. The summed E-state index contributed by atoms with van der Waals surface area (Å²) in [5.74, 6) is 0.143.